The summed E-state index contributed by atoms with van der Waals surface area (Å²) < 4.78 is 29.0. The first-order valence-corrected chi connectivity index (χ1v) is 13.2. The van der Waals surface area contributed by atoms with Crippen molar-refractivity contribution in [2.45, 2.75) is 45.4 Å². The zero-order valence-electron chi connectivity index (χ0n) is 20.7. The highest BCUT2D eigenvalue weighted by Crippen LogP contribution is 2.24. The molecule has 0 saturated carbocycles. The fourth-order valence-electron chi connectivity index (χ4n) is 3.83. The van der Waals surface area contributed by atoms with Crippen LogP contribution in [0.15, 0.2) is 66.1 Å². The van der Waals surface area contributed by atoms with E-state index in [1.54, 1.807) is 43.8 Å². The first-order chi connectivity index (χ1) is 17.3. The number of hydrogen-bond donors (Lipinski definition) is 1. The number of pyridine rings is 2. The molecular weight excluding hydrogens is 470 g/mol. The zero-order chi connectivity index (χ0) is 25.7. The van der Waals surface area contributed by atoms with Crippen LogP contribution in [-0.4, -0.2) is 28.4 Å². The van der Waals surface area contributed by atoms with Crippen molar-refractivity contribution in [3.63, 3.8) is 0 Å². The summed E-state index contributed by atoms with van der Waals surface area (Å²) in [6.45, 7) is 7.63. The molecule has 0 fully saturated rings. The summed E-state index contributed by atoms with van der Waals surface area (Å²) >= 11 is 0. The molecule has 0 unspecified atom stereocenters. The van der Waals surface area contributed by atoms with Gasteiger partial charge in [0, 0.05) is 29.2 Å². The van der Waals surface area contributed by atoms with E-state index in [0.717, 1.165) is 33.8 Å². The van der Waals surface area contributed by atoms with E-state index in [4.69, 9.17) is 0 Å². The molecule has 0 bridgehead atoms. The summed E-state index contributed by atoms with van der Waals surface area (Å²) in [5.41, 5.74) is 6.36. The monoisotopic (exact) mass is 497 g/mol. The Morgan fingerprint density at radius 2 is 1.72 bits per heavy atom. The summed E-state index contributed by atoms with van der Waals surface area (Å²) in [5.74, 6) is 6.35. The molecule has 1 aromatic carbocycles. The van der Waals surface area contributed by atoms with Gasteiger partial charge in [-0.05, 0) is 56.5 Å². The second-order valence-electron chi connectivity index (χ2n) is 8.26. The fourth-order valence-corrected chi connectivity index (χ4v) is 5.25. The number of hydrogen-bond acceptors (Lipinski definition) is 6. The smallest absolute Gasteiger partial charge is 0.262 e. The van der Waals surface area contributed by atoms with Crippen LogP contribution >= 0.6 is 0 Å². The largest absolute Gasteiger partial charge is 0.278 e. The van der Waals surface area contributed by atoms with Crippen molar-refractivity contribution in [1.29, 1.82) is 0 Å². The van der Waals surface area contributed by atoms with Crippen molar-refractivity contribution in [1.82, 2.24) is 19.9 Å². The Morgan fingerprint density at radius 3 is 2.47 bits per heavy atom. The maximum Gasteiger partial charge on any atom is 0.262 e. The lowest BCUT2D eigenvalue weighted by Gasteiger charge is -2.13. The van der Waals surface area contributed by atoms with Crippen LogP contribution in [0, 0.1) is 25.7 Å². The van der Waals surface area contributed by atoms with E-state index in [1.165, 1.54) is 0 Å². The van der Waals surface area contributed by atoms with Crippen LogP contribution in [0.4, 0.5) is 5.69 Å². The third-order valence-corrected chi connectivity index (χ3v) is 7.20. The maximum absolute atomic E-state index is 13.1. The molecule has 4 rings (SSSR count). The van der Waals surface area contributed by atoms with Crippen molar-refractivity contribution < 1.29 is 8.42 Å². The van der Waals surface area contributed by atoms with Gasteiger partial charge in [-0.3, -0.25) is 14.7 Å². The number of aryl methyl sites for hydroxylation is 4. The lowest BCUT2D eigenvalue weighted by Crippen LogP contribution is -2.16. The van der Waals surface area contributed by atoms with Gasteiger partial charge in [0.05, 0.1) is 33.2 Å². The van der Waals surface area contributed by atoms with Crippen molar-refractivity contribution in [3.8, 4) is 23.1 Å². The Morgan fingerprint density at radius 1 is 0.917 bits per heavy atom. The van der Waals surface area contributed by atoms with Crippen LogP contribution in [0.1, 0.15) is 47.6 Å². The van der Waals surface area contributed by atoms with Gasteiger partial charge in [-0.25, -0.2) is 18.4 Å². The first kappa shape index (κ1) is 25.0. The zero-order valence-corrected chi connectivity index (χ0v) is 21.5. The minimum atomic E-state index is -3.78. The van der Waals surface area contributed by atoms with Crippen LogP contribution in [0.2, 0.25) is 0 Å². The van der Waals surface area contributed by atoms with E-state index in [1.807, 2.05) is 45.0 Å². The molecule has 3 heterocycles. The minimum absolute atomic E-state index is 0.259. The lowest BCUT2D eigenvalue weighted by molar-refractivity contribution is 0.600. The van der Waals surface area contributed by atoms with Crippen molar-refractivity contribution in [2.24, 2.45) is 0 Å². The number of sulfonamides is 1. The molecule has 0 aliphatic carbocycles. The average Bonchev–Trinajstić information content (AvgIpc) is 2.88. The highest BCUT2D eigenvalue weighted by molar-refractivity contribution is 7.92. The van der Waals surface area contributed by atoms with Gasteiger partial charge in [0.15, 0.2) is 0 Å². The summed E-state index contributed by atoms with van der Waals surface area (Å²) in [4.78, 5) is 17.8. The fraction of sp³-hybridized carbons (Fsp3) is 0.214. The Balaban J connectivity index is 1.73. The molecule has 0 radical (unpaired) electrons. The van der Waals surface area contributed by atoms with Gasteiger partial charge in [-0.1, -0.05) is 43.9 Å². The molecule has 8 heteroatoms. The van der Waals surface area contributed by atoms with Crippen LogP contribution in [0.3, 0.4) is 0 Å². The molecule has 0 atom stereocenters. The van der Waals surface area contributed by atoms with Gasteiger partial charge in [-0.15, -0.1) is 0 Å². The predicted octanol–water partition coefficient (Wildman–Crippen LogP) is 4.88. The molecule has 0 amide bonds. The number of aromatic nitrogens is 4. The van der Waals surface area contributed by atoms with Gasteiger partial charge in [0.1, 0.15) is 6.33 Å². The molecule has 1 N–H and O–H groups in total. The van der Waals surface area contributed by atoms with E-state index in [9.17, 15) is 8.42 Å². The second-order valence-corrected chi connectivity index (χ2v) is 9.91. The number of anilines is 1. The molecule has 7 nitrogen and oxygen atoms in total. The second kappa shape index (κ2) is 10.7. The summed E-state index contributed by atoms with van der Waals surface area (Å²) in [6, 6.07) is 12.5. The lowest BCUT2D eigenvalue weighted by atomic mass is 10.0. The number of nitrogens with one attached hydrogen (secondary N) is 1. The molecule has 0 aliphatic rings. The highest BCUT2D eigenvalue weighted by atomic mass is 32.2. The Labute approximate surface area is 212 Å². The van der Waals surface area contributed by atoms with Gasteiger partial charge in [0.25, 0.3) is 10.0 Å². The van der Waals surface area contributed by atoms with Crippen LogP contribution in [0.5, 0.6) is 0 Å². The van der Waals surface area contributed by atoms with E-state index >= 15 is 0 Å². The number of benzene rings is 1. The van der Waals surface area contributed by atoms with Gasteiger partial charge < -0.3 is 0 Å². The van der Waals surface area contributed by atoms with E-state index in [-0.39, 0.29) is 4.90 Å². The highest BCUT2D eigenvalue weighted by Gasteiger charge is 2.19. The molecule has 0 aliphatic heterocycles. The van der Waals surface area contributed by atoms with E-state index in [0.29, 0.717) is 29.8 Å². The molecule has 0 spiro atoms. The Bertz CT molecular complexity index is 1590. The summed E-state index contributed by atoms with van der Waals surface area (Å²) in [6.07, 6.45) is 6.22. The van der Waals surface area contributed by atoms with Crippen LogP contribution in [-0.2, 0) is 22.9 Å². The Hall–Kier alpha value is -4.09. The molecule has 182 valence electrons. The topological polar surface area (TPSA) is 97.7 Å². The molecular formula is C28H27N5O2S. The third-order valence-electron chi connectivity index (χ3n) is 5.74. The van der Waals surface area contributed by atoms with Crippen LogP contribution in [0.25, 0.3) is 11.3 Å². The standard InChI is InChI=1S/C28H27N5O2S/c1-5-22-9-7-8-10-27(22)36(34,35)33-26-16-21(17-30-20(26)4)11-12-24-25(6-2)31-18-32-28(24)23-13-14-29-19(3)15-23/h7-10,13-18,33H,5-6H2,1-4H3. The minimum Gasteiger partial charge on any atom is -0.278 e. The van der Waals surface area contributed by atoms with Gasteiger partial charge in [-0.2, -0.15) is 0 Å². The van der Waals surface area contributed by atoms with Gasteiger partial charge in [0.2, 0.25) is 0 Å². The predicted molar refractivity (Wildman–Crippen MR) is 141 cm³/mol. The quantitative estimate of drug-likeness (QED) is 0.382. The molecule has 0 saturated heterocycles. The van der Waals surface area contributed by atoms with E-state index in [2.05, 4.69) is 36.5 Å². The maximum atomic E-state index is 13.1. The molecule has 3 aromatic heterocycles. The van der Waals surface area contributed by atoms with E-state index < -0.39 is 10.0 Å². The molecule has 4 aromatic rings. The molecule has 36 heavy (non-hydrogen) atoms. The number of rotatable bonds is 6. The Kier molecular flexibility index (Phi) is 7.41. The normalized spacial score (nSPS) is 11.0. The van der Waals surface area contributed by atoms with Crippen LogP contribution < -0.4 is 4.72 Å². The van der Waals surface area contributed by atoms with Crippen molar-refractivity contribution >= 4 is 15.7 Å². The average molecular weight is 498 g/mol. The SMILES string of the molecule is CCc1ccccc1S(=O)(=O)Nc1cc(C#Cc2c(CC)ncnc2-c2ccnc(C)c2)cnc1C. The summed E-state index contributed by atoms with van der Waals surface area (Å²) in [7, 11) is -3.78. The third kappa shape index (κ3) is 5.42. The van der Waals surface area contributed by atoms with Crippen molar-refractivity contribution in [3.05, 3.63) is 95.0 Å². The van der Waals surface area contributed by atoms with Gasteiger partial charge >= 0.3 is 0 Å². The first-order valence-electron chi connectivity index (χ1n) is 11.7. The van der Waals surface area contributed by atoms with Crippen molar-refractivity contribution in [2.75, 3.05) is 4.72 Å². The number of nitrogens with zero attached hydrogens (tertiary/aromatic N) is 4. The summed E-state index contributed by atoms with van der Waals surface area (Å²) in [5, 5.41) is 0.